The fourth-order valence-electron chi connectivity index (χ4n) is 1.59. The second-order valence-electron chi connectivity index (χ2n) is 3.95. The van der Waals surface area contributed by atoms with Crippen LogP contribution in [-0.2, 0) is 11.3 Å². The first-order valence-electron chi connectivity index (χ1n) is 5.88. The molecule has 100 valence electrons. The Balaban J connectivity index is 2.90. The van der Waals surface area contributed by atoms with E-state index in [2.05, 4.69) is 0 Å². The molecule has 5 nitrogen and oxygen atoms in total. The number of benzene rings is 1. The Morgan fingerprint density at radius 2 is 2.06 bits per heavy atom. The van der Waals surface area contributed by atoms with Crippen LogP contribution in [0.4, 0.5) is 0 Å². The summed E-state index contributed by atoms with van der Waals surface area (Å²) in [6.07, 6.45) is 0.363. The van der Waals surface area contributed by atoms with Crippen molar-refractivity contribution in [3.63, 3.8) is 0 Å². The number of hydrogen-bond acceptors (Lipinski definition) is 4. The topological polar surface area (TPSA) is 81.8 Å². The van der Waals surface area contributed by atoms with Crippen LogP contribution in [0.2, 0.25) is 0 Å². The van der Waals surface area contributed by atoms with Crippen molar-refractivity contribution < 1.29 is 19.4 Å². The molecule has 0 aromatic heterocycles. The van der Waals surface area contributed by atoms with E-state index in [9.17, 15) is 4.79 Å². The molecule has 1 aromatic carbocycles. The van der Waals surface area contributed by atoms with Gasteiger partial charge in [-0.1, -0.05) is 13.3 Å². The predicted octanol–water partition coefficient (Wildman–Crippen LogP) is 1.79. The molecule has 0 saturated carbocycles. The van der Waals surface area contributed by atoms with Crippen LogP contribution in [0.5, 0.6) is 11.5 Å². The van der Waals surface area contributed by atoms with E-state index in [1.54, 1.807) is 25.3 Å². The number of carboxylic acids is 1. The first-order chi connectivity index (χ1) is 8.60. The highest BCUT2D eigenvalue weighted by atomic mass is 16.5. The van der Waals surface area contributed by atoms with Crippen molar-refractivity contribution in [3.05, 3.63) is 23.8 Å². The Morgan fingerprint density at radius 3 is 2.56 bits per heavy atom. The Kier molecular flexibility index (Phi) is 5.45. The zero-order valence-electron chi connectivity index (χ0n) is 10.7. The number of carboxylic acid groups (broad SMARTS) is 1. The summed E-state index contributed by atoms with van der Waals surface area (Å²) in [5.74, 6) is 0.109. The van der Waals surface area contributed by atoms with Crippen LogP contribution in [0.15, 0.2) is 18.2 Å². The molecule has 0 aliphatic carbocycles. The minimum absolute atomic E-state index is 0.346. The van der Waals surface area contributed by atoms with Crippen LogP contribution in [0, 0.1) is 0 Å². The van der Waals surface area contributed by atoms with Gasteiger partial charge in [0.25, 0.3) is 0 Å². The van der Waals surface area contributed by atoms with Crippen molar-refractivity contribution in [1.29, 1.82) is 0 Å². The molecular weight excluding hydrogens is 234 g/mol. The smallest absolute Gasteiger partial charge is 0.344 e. The van der Waals surface area contributed by atoms with E-state index in [1.165, 1.54) is 0 Å². The van der Waals surface area contributed by atoms with Gasteiger partial charge < -0.3 is 20.3 Å². The van der Waals surface area contributed by atoms with Gasteiger partial charge in [-0.3, -0.25) is 0 Å². The lowest BCUT2D eigenvalue weighted by atomic mass is 10.2. The Hall–Kier alpha value is -1.75. The quantitative estimate of drug-likeness (QED) is 0.774. The van der Waals surface area contributed by atoms with Gasteiger partial charge in [0.15, 0.2) is 6.10 Å². The van der Waals surface area contributed by atoms with E-state index < -0.39 is 12.1 Å². The molecule has 0 fully saturated rings. The van der Waals surface area contributed by atoms with Gasteiger partial charge in [-0.15, -0.1) is 0 Å². The SMILES string of the molecule is CCCC(Oc1cc(CN)cc(OC)c1)C(=O)O. The number of rotatable bonds is 7. The van der Waals surface area contributed by atoms with E-state index in [4.69, 9.17) is 20.3 Å². The Morgan fingerprint density at radius 1 is 1.39 bits per heavy atom. The minimum atomic E-state index is -0.964. The van der Waals surface area contributed by atoms with Crippen LogP contribution in [-0.4, -0.2) is 24.3 Å². The zero-order chi connectivity index (χ0) is 13.5. The lowest BCUT2D eigenvalue weighted by molar-refractivity contribution is -0.145. The molecule has 18 heavy (non-hydrogen) atoms. The van der Waals surface area contributed by atoms with Crippen molar-refractivity contribution in [2.24, 2.45) is 5.73 Å². The highest BCUT2D eigenvalue weighted by Crippen LogP contribution is 2.24. The zero-order valence-corrected chi connectivity index (χ0v) is 10.7. The summed E-state index contributed by atoms with van der Waals surface area (Å²) in [5, 5.41) is 9.04. The van der Waals surface area contributed by atoms with Crippen molar-refractivity contribution in [2.75, 3.05) is 7.11 Å². The molecule has 0 saturated heterocycles. The molecule has 0 heterocycles. The average molecular weight is 253 g/mol. The summed E-state index contributed by atoms with van der Waals surface area (Å²) in [6, 6.07) is 5.18. The number of aliphatic carboxylic acids is 1. The minimum Gasteiger partial charge on any atom is -0.497 e. The Labute approximate surface area is 107 Å². The summed E-state index contributed by atoms with van der Waals surface area (Å²) in [4.78, 5) is 11.0. The average Bonchev–Trinajstić information content (AvgIpc) is 2.37. The van der Waals surface area contributed by atoms with E-state index in [-0.39, 0.29) is 0 Å². The summed E-state index contributed by atoms with van der Waals surface area (Å²) < 4.78 is 10.6. The maximum atomic E-state index is 11.0. The molecule has 1 aromatic rings. The predicted molar refractivity (Wildman–Crippen MR) is 67.8 cm³/mol. The third-order valence-corrected chi connectivity index (χ3v) is 2.52. The monoisotopic (exact) mass is 253 g/mol. The maximum absolute atomic E-state index is 11.0. The molecule has 1 unspecified atom stereocenters. The van der Waals surface area contributed by atoms with Gasteiger partial charge in [-0.2, -0.15) is 0 Å². The molecule has 3 N–H and O–H groups in total. The molecule has 1 rings (SSSR count). The highest BCUT2D eigenvalue weighted by Gasteiger charge is 2.18. The number of ether oxygens (including phenoxy) is 2. The van der Waals surface area contributed by atoms with E-state index >= 15 is 0 Å². The number of methoxy groups -OCH3 is 1. The molecule has 0 bridgehead atoms. The molecule has 0 aliphatic heterocycles. The molecule has 1 atom stereocenters. The summed E-state index contributed by atoms with van der Waals surface area (Å²) in [5.41, 5.74) is 6.40. The highest BCUT2D eigenvalue weighted by molar-refractivity contribution is 5.72. The molecule has 0 radical (unpaired) electrons. The summed E-state index contributed by atoms with van der Waals surface area (Å²) in [6.45, 7) is 2.26. The number of carbonyl (C=O) groups is 1. The summed E-state index contributed by atoms with van der Waals surface area (Å²) in [7, 11) is 1.54. The fraction of sp³-hybridized carbons (Fsp3) is 0.462. The van der Waals surface area contributed by atoms with E-state index in [0.29, 0.717) is 24.5 Å². The second kappa shape index (κ2) is 6.86. The lowest BCUT2D eigenvalue weighted by Gasteiger charge is -2.15. The fourth-order valence-corrected chi connectivity index (χ4v) is 1.59. The van der Waals surface area contributed by atoms with Gasteiger partial charge in [0, 0.05) is 12.6 Å². The standard InChI is InChI=1S/C13H19NO4/c1-3-4-12(13(15)16)18-11-6-9(8-14)5-10(7-11)17-2/h5-7,12H,3-4,8,14H2,1-2H3,(H,15,16). The first-order valence-corrected chi connectivity index (χ1v) is 5.88. The van der Waals surface area contributed by atoms with Crippen molar-refractivity contribution >= 4 is 5.97 Å². The first kappa shape index (κ1) is 14.3. The van der Waals surface area contributed by atoms with Gasteiger partial charge in [0.2, 0.25) is 0 Å². The van der Waals surface area contributed by atoms with Crippen LogP contribution >= 0.6 is 0 Å². The van der Waals surface area contributed by atoms with Gasteiger partial charge in [-0.05, 0) is 24.1 Å². The van der Waals surface area contributed by atoms with Crippen LogP contribution in [0.25, 0.3) is 0 Å². The van der Waals surface area contributed by atoms with Crippen LogP contribution < -0.4 is 15.2 Å². The molecule has 0 aliphatic rings. The normalized spacial score (nSPS) is 11.9. The molecule has 0 spiro atoms. The summed E-state index contributed by atoms with van der Waals surface area (Å²) >= 11 is 0. The third-order valence-electron chi connectivity index (χ3n) is 2.52. The van der Waals surface area contributed by atoms with Crippen molar-refractivity contribution in [2.45, 2.75) is 32.4 Å². The third kappa shape index (κ3) is 3.92. The van der Waals surface area contributed by atoms with Crippen LogP contribution in [0.3, 0.4) is 0 Å². The Bertz CT molecular complexity index is 384. The van der Waals surface area contributed by atoms with Gasteiger partial charge in [-0.25, -0.2) is 4.79 Å². The van der Waals surface area contributed by atoms with Crippen molar-refractivity contribution in [1.82, 2.24) is 0 Å². The van der Waals surface area contributed by atoms with E-state index in [1.807, 2.05) is 6.92 Å². The van der Waals surface area contributed by atoms with Crippen LogP contribution in [0.1, 0.15) is 25.3 Å². The largest absolute Gasteiger partial charge is 0.497 e. The molecule has 0 amide bonds. The number of hydrogen-bond donors (Lipinski definition) is 2. The number of nitrogens with two attached hydrogens (primary N) is 1. The van der Waals surface area contributed by atoms with Crippen molar-refractivity contribution in [3.8, 4) is 11.5 Å². The van der Waals surface area contributed by atoms with Gasteiger partial charge in [0.05, 0.1) is 7.11 Å². The maximum Gasteiger partial charge on any atom is 0.344 e. The van der Waals surface area contributed by atoms with Gasteiger partial charge in [0.1, 0.15) is 11.5 Å². The molecule has 5 heteroatoms. The molecular formula is C13H19NO4. The van der Waals surface area contributed by atoms with Gasteiger partial charge >= 0.3 is 5.97 Å². The van der Waals surface area contributed by atoms with E-state index in [0.717, 1.165) is 12.0 Å². The lowest BCUT2D eigenvalue weighted by Crippen LogP contribution is -2.26. The second-order valence-corrected chi connectivity index (χ2v) is 3.95.